The summed E-state index contributed by atoms with van der Waals surface area (Å²) < 4.78 is 5.84. The molecule has 1 aliphatic rings. The SMILES string of the molecule is CC(C)C1OCCN(C)C1C(C)C. The predicted molar refractivity (Wildman–Crippen MR) is 55.8 cm³/mol. The third kappa shape index (κ3) is 2.44. The fraction of sp³-hybridized carbons (Fsp3) is 1.00. The first-order valence-electron chi connectivity index (χ1n) is 5.36. The molecule has 0 aromatic heterocycles. The first-order valence-corrected chi connectivity index (χ1v) is 5.36. The minimum atomic E-state index is 0.416. The van der Waals surface area contributed by atoms with E-state index in [9.17, 15) is 0 Å². The molecule has 0 aromatic carbocycles. The predicted octanol–water partition coefficient (Wildman–Crippen LogP) is 2.00. The lowest BCUT2D eigenvalue weighted by Crippen LogP contribution is -2.53. The van der Waals surface area contributed by atoms with Crippen molar-refractivity contribution < 1.29 is 4.74 Å². The highest BCUT2D eigenvalue weighted by molar-refractivity contribution is 4.86. The molecule has 13 heavy (non-hydrogen) atoms. The summed E-state index contributed by atoms with van der Waals surface area (Å²) in [6.45, 7) is 11.0. The fourth-order valence-electron chi connectivity index (χ4n) is 2.31. The van der Waals surface area contributed by atoms with Crippen molar-refractivity contribution >= 4 is 0 Å². The molecule has 0 radical (unpaired) electrons. The van der Waals surface area contributed by atoms with Crippen molar-refractivity contribution in [2.75, 3.05) is 20.2 Å². The Morgan fingerprint density at radius 2 is 1.77 bits per heavy atom. The maximum absolute atomic E-state index is 5.84. The Balaban J connectivity index is 2.68. The van der Waals surface area contributed by atoms with E-state index in [1.54, 1.807) is 0 Å². The van der Waals surface area contributed by atoms with E-state index in [0.717, 1.165) is 13.2 Å². The Bertz CT molecular complexity index is 156. The summed E-state index contributed by atoms with van der Waals surface area (Å²) in [6, 6.07) is 0.591. The summed E-state index contributed by atoms with van der Waals surface area (Å²) in [5, 5.41) is 0. The first-order chi connectivity index (χ1) is 6.04. The normalized spacial score (nSPS) is 31.6. The van der Waals surface area contributed by atoms with E-state index in [1.165, 1.54) is 0 Å². The fourth-order valence-corrected chi connectivity index (χ4v) is 2.31. The molecule has 2 unspecified atom stereocenters. The van der Waals surface area contributed by atoms with Crippen LogP contribution in [0.5, 0.6) is 0 Å². The Kier molecular flexibility index (Phi) is 3.74. The van der Waals surface area contributed by atoms with Gasteiger partial charge in [0.25, 0.3) is 0 Å². The van der Waals surface area contributed by atoms with Gasteiger partial charge in [-0.25, -0.2) is 0 Å². The van der Waals surface area contributed by atoms with E-state index in [0.29, 0.717) is 24.0 Å². The average Bonchev–Trinajstić information content (AvgIpc) is 2.02. The van der Waals surface area contributed by atoms with Gasteiger partial charge in [0, 0.05) is 12.6 Å². The number of nitrogens with zero attached hydrogens (tertiary/aromatic N) is 1. The second-order valence-electron chi connectivity index (χ2n) is 4.79. The molecule has 1 rings (SSSR count). The molecule has 1 heterocycles. The number of hydrogen-bond acceptors (Lipinski definition) is 2. The number of ether oxygens (including phenoxy) is 1. The third-order valence-electron chi connectivity index (χ3n) is 2.94. The molecule has 78 valence electrons. The Morgan fingerprint density at radius 3 is 2.15 bits per heavy atom. The lowest BCUT2D eigenvalue weighted by Gasteiger charge is -2.43. The molecule has 2 atom stereocenters. The van der Waals surface area contributed by atoms with Crippen LogP contribution in [-0.2, 0) is 4.74 Å². The van der Waals surface area contributed by atoms with Gasteiger partial charge in [-0.2, -0.15) is 0 Å². The van der Waals surface area contributed by atoms with Crippen molar-refractivity contribution in [2.24, 2.45) is 11.8 Å². The highest BCUT2D eigenvalue weighted by atomic mass is 16.5. The highest BCUT2D eigenvalue weighted by Crippen LogP contribution is 2.24. The van der Waals surface area contributed by atoms with E-state index in [1.807, 2.05) is 0 Å². The molecule has 0 aromatic rings. The summed E-state index contributed by atoms with van der Waals surface area (Å²) in [5.41, 5.74) is 0. The zero-order chi connectivity index (χ0) is 10.0. The van der Waals surface area contributed by atoms with Crippen LogP contribution in [0, 0.1) is 11.8 Å². The van der Waals surface area contributed by atoms with Gasteiger partial charge in [0.05, 0.1) is 12.7 Å². The minimum Gasteiger partial charge on any atom is -0.375 e. The molecule has 2 heteroatoms. The van der Waals surface area contributed by atoms with Crippen LogP contribution in [0.25, 0.3) is 0 Å². The van der Waals surface area contributed by atoms with Gasteiger partial charge in [0.2, 0.25) is 0 Å². The number of likely N-dealkylation sites (N-methyl/N-ethyl adjacent to an activating group) is 1. The van der Waals surface area contributed by atoms with Crippen LogP contribution in [-0.4, -0.2) is 37.2 Å². The quantitative estimate of drug-likeness (QED) is 0.652. The van der Waals surface area contributed by atoms with Crippen molar-refractivity contribution in [1.82, 2.24) is 4.90 Å². The molecule has 0 amide bonds. The van der Waals surface area contributed by atoms with Crippen molar-refractivity contribution in [1.29, 1.82) is 0 Å². The van der Waals surface area contributed by atoms with Gasteiger partial charge < -0.3 is 4.74 Å². The van der Waals surface area contributed by atoms with E-state index in [-0.39, 0.29) is 0 Å². The third-order valence-corrected chi connectivity index (χ3v) is 2.94. The molecule has 0 spiro atoms. The average molecular weight is 185 g/mol. The number of hydrogen-bond donors (Lipinski definition) is 0. The van der Waals surface area contributed by atoms with Gasteiger partial charge in [-0.1, -0.05) is 27.7 Å². The van der Waals surface area contributed by atoms with Crippen molar-refractivity contribution in [2.45, 2.75) is 39.8 Å². The minimum absolute atomic E-state index is 0.416. The van der Waals surface area contributed by atoms with Gasteiger partial charge >= 0.3 is 0 Å². The summed E-state index contributed by atoms with van der Waals surface area (Å²) in [6.07, 6.45) is 0.416. The molecule has 1 fully saturated rings. The van der Waals surface area contributed by atoms with Gasteiger partial charge in [-0.05, 0) is 18.9 Å². The molecular formula is C11H23NO. The molecular weight excluding hydrogens is 162 g/mol. The zero-order valence-corrected chi connectivity index (χ0v) is 9.58. The van der Waals surface area contributed by atoms with Crippen molar-refractivity contribution in [3.05, 3.63) is 0 Å². The first kappa shape index (κ1) is 11.0. The van der Waals surface area contributed by atoms with Crippen LogP contribution in [0.2, 0.25) is 0 Å². The van der Waals surface area contributed by atoms with Crippen molar-refractivity contribution in [3.8, 4) is 0 Å². The summed E-state index contributed by atoms with van der Waals surface area (Å²) in [4.78, 5) is 2.44. The van der Waals surface area contributed by atoms with E-state index in [4.69, 9.17) is 4.74 Å². The molecule has 1 aliphatic heterocycles. The molecule has 2 nitrogen and oxygen atoms in total. The molecule has 1 saturated heterocycles. The van der Waals surface area contributed by atoms with Crippen LogP contribution in [0.4, 0.5) is 0 Å². The maximum Gasteiger partial charge on any atom is 0.0756 e. The number of morpholine rings is 1. The van der Waals surface area contributed by atoms with Gasteiger partial charge in [0.15, 0.2) is 0 Å². The summed E-state index contributed by atoms with van der Waals surface area (Å²) in [5.74, 6) is 1.30. The second-order valence-corrected chi connectivity index (χ2v) is 4.79. The van der Waals surface area contributed by atoms with Gasteiger partial charge in [-0.15, -0.1) is 0 Å². The largest absolute Gasteiger partial charge is 0.375 e. The zero-order valence-electron chi connectivity index (χ0n) is 9.58. The van der Waals surface area contributed by atoms with Crippen LogP contribution in [0.15, 0.2) is 0 Å². The Morgan fingerprint density at radius 1 is 1.15 bits per heavy atom. The second kappa shape index (κ2) is 4.43. The standard InChI is InChI=1S/C11H23NO/c1-8(2)10-11(9(3)4)13-7-6-12(10)5/h8-11H,6-7H2,1-5H3. The molecule has 0 bridgehead atoms. The van der Waals surface area contributed by atoms with Crippen molar-refractivity contribution in [3.63, 3.8) is 0 Å². The number of rotatable bonds is 2. The van der Waals surface area contributed by atoms with E-state index < -0.39 is 0 Å². The smallest absolute Gasteiger partial charge is 0.0756 e. The lowest BCUT2D eigenvalue weighted by atomic mass is 9.89. The summed E-state index contributed by atoms with van der Waals surface area (Å²) >= 11 is 0. The lowest BCUT2D eigenvalue weighted by molar-refractivity contribution is -0.0960. The molecule has 0 saturated carbocycles. The Hall–Kier alpha value is -0.0800. The van der Waals surface area contributed by atoms with Gasteiger partial charge in [0.1, 0.15) is 0 Å². The van der Waals surface area contributed by atoms with Crippen LogP contribution in [0.3, 0.4) is 0 Å². The monoisotopic (exact) mass is 185 g/mol. The maximum atomic E-state index is 5.84. The van der Waals surface area contributed by atoms with Crippen LogP contribution >= 0.6 is 0 Å². The topological polar surface area (TPSA) is 12.5 Å². The van der Waals surface area contributed by atoms with E-state index in [2.05, 4.69) is 39.6 Å². The highest BCUT2D eigenvalue weighted by Gasteiger charge is 2.33. The van der Waals surface area contributed by atoms with Crippen LogP contribution < -0.4 is 0 Å². The van der Waals surface area contributed by atoms with Gasteiger partial charge in [-0.3, -0.25) is 4.90 Å². The van der Waals surface area contributed by atoms with Crippen LogP contribution in [0.1, 0.15) is 27.7 Å². The molecule has 0 aliphatic carbocycles. The molecule has 0 N–H and O–H groups in total. The summed E-state index contributed by atoms with van der Waals surface area (Å²) in [7, 11) is 2.21. The van der Waals surface area contributed by atoms with E-state index >= 15 is 0 Å². The Labute approximate surface area is 82.3 Å².